The van der Waals surface area contributed by atoms with E-state index < -0.39 is 17.5 Å². The molecule has 0 aliphatic carbocycles. The molecule has 0 unspecified atom stereocenters. The van der Waals surface area contributed by atoms with Gasteiger partial charge >= 0.3 is 17.5 Å². The summed E-state index contributed by atoms with van der Waals surface area (Å²) in [5.41, 5.74) is 0. The third-order valence-corrected chi connectivity index (χ3v) is 1.42. The van der Waals surface area contributed by atoms with Gasteiger partial charge in [0.15, 0.2) is 0 Å². The molecular formula is C3H6F4O2P2. The van der Waals surface area contributed by atoms with Crippen molar-refractivity contribution in [3.05, 3.63) is 0 Å². The average molecular weight is 212 g/mol. The highest BCUT2D eigenvalue weighted by molar-refractivity contribution is 7.40. The average Bonchev–Trinajstić information content (AvgIpc) is 1.85. The molecule has 0 fully saturated rings. The summed E-state index contributed by atoms with van der Waals surface area (Å²) in [4.78, 5) is 0. The predicted octanol–water partition coefficient (Wildman–Crippen LogP) is 3.74. The maximum atomic E-state index is 11.3. The Balaban J connectivity index is 2.91. The molecule has 0 atom stereocenters. The van der Waals surface area contributed by atoms with Crippen LogP contribution in [0, 0.1) is 0 Å². The van der Waals surface area contributed by atoms with Crippen molar-refractivity contribution >= 4 is 17.5 Å². The maximum absolute atomic E-state index is 11.3. The molecule has 11 heavy (non-hydrogen) atoms. The van der Waals surface area contributed by atoms with Crippen LogP contribution in [0.25, 0.3) is 0 Å². The molecule has 0 aromatic heterocycles. The quantitative estimate of drug-likeness (QED) is 0.379. The van der Waals surface area contributed by atoms with Crippen LogP contribution in [0.1, 0.15) is 6.42 Å². The lowest BCUT2D eigenvalue weighted by Crippen LogP contribution is -1.92. The molecule has 8 heteroatoms. The Kier molecular flexibility index (Phi) is 7.49. The lowest BCUT2D eigenvalue weighted by Gasteiger charge is -2.00. The zero-order chi connectivity index (χ0) is 8.69. The summed E-state index contributed by atoms with van der Waals surface area (Å²) >= 11 is 0. The van der Waals surface area contributed by atoms with Gasteiger partial charge in [0.1, 0.15) is 0 Å². The molecule has 0 saturated carbocycles. The van der Waals surface area contributed by atoms with Crippen molar-refractivity contribution in [2.24, 2.45) is 0 Å². The minimum absolute atomic E-state index is 0.0688. The van der Waals surface area contributed by atoms with E-state index >= 15 is 0 Å². The topological polar surface area (TPSA) is 18.5 Å². The summed E-state index contributed by atoms with van der Waals surface area (Å²) in [7, 11) is -6.74. The fourth-order valence-electron chi connectivity index (χ4n) is 0.326. The van der Waals surface area contributed by atoms with Gasteiger partial charge in [-0.25, -0.2) is 0 Å². The monoisotopic (exact) mass is 212 g/mol. The first kappa shape index (κ1) is 11.5. The van der Waals surface area contributed by atoms with E-state index in [4.69, 9.17) is 0 Å². The van der Waals surface area contributed by atoms with Gasteiger partial charge in [-0.05, 0) is 6.42 Å². The Morgan fingerprint density at radius 2 is 1.18 bits per heavy atom. The van der Waals surface area contributed by atoms with Crippen molar-refractivity contribution in [1.82, 2.24) is 0 Å². The first-order chi connectivity index (χ1) is 5.13. The summed E-state index contributed by atoms with van der Waals surface area (Å²) in [5, 5.41) is 0. The van der Waals surface area contributed by atoms with Gasteiger partial charge in [0.25, 0.3) is 0 Å². The van der Waals surface area contributed by atoms with E-state index in [0.29, 0.717) is 0 Å². The molecule has 0 bridgehead atoms. The van der Waals surface area contributed by atoms with Crippen molar-refractivity contribution in [2.45, 2.75) is 6.42 Å². The Hall–Kier alpha value is 0.500. The number of hydrogen-bond acceptors (Lipinski definition) is 2. The molecule has 2 nitrogen and oxygen atoms in total. The van der Waals surface area contributed by atoms with Gasteiger partial charge in [0.05, 0.1) is 13.2 Å². The molecule has 0 radical (unpaired) electrons. The summed E-state index contributed by atoms with van der Waals surface area (Å²) in [6.07, 6.45) is 0.0688. The van der Waals surface area contributed by atoms with Crippen LogP contribution in [0.4, 0.5) is 16.8 Å². The number of rotatable bonds is 6. The van der Waals surface area contributed by atoms with Gasteiger partial charge in [-0.2, -0.15) is 16.8 Å². The molecule has 0 rings (SSSR count). The summed E-state index contributed by atoms with van der Waals surface area (Å²) in [6, 6.07) is 0. The standard InChI is InChI=1S/C3H6F4O2P2/c4-10(5)8-2-1-3-9-11(6)7/h1-3H2. The van der Waals surface area contributed by atoms with Gasteiger partial charge in [-0.1, -0.05) is 0 Å². The zero-order valence-corrected chi connectivity index (χ0v) is 7.13. The van der Waals surface area contributed by atoms with Crippen molar-refractivity contribution < 1.29 is 25.8 Å². The lowest BCUT2D eigenvalue weighted by atomic mass is 10.5. The highest BCUT2D eigenvalue weighted by Crippen LogP contribution is 2.41. The fraction of sp³-hybridized carbons (Fsp3) is 1.00. The molecule has 68 valence electrons. The molecule has 0 N–H and O–H groups in total. The van der Waals surface area contributed by atoms with Gasteiger partial charge in [-0.15, -0.1) is 0 Å². The van der Waals surface area contributed by atoms with Crippen LogP contribution in [0.5, 0.6) is 0 Å². The Morgan fingerprint density at radius 1 is 0.818 bits per heavy atom. The summed E-state index contributed by atoms with van der Waals surface area (Å²) < 4.78 is 52.8. The molecule has 0 amide bonds. The zero-order valence-electron chi connectivity index (χ0n) is 5.34. The van der Waals surface area contributed by atoms with Crippen molar-refractivity contribution in [1.29, 1.82) is 0 Å². The molecule has 0 aliphatic rings. The normalized spacial score (nSPS) is 11.5. The first-order valence-electron chi connectivity index (χ1n) is 2.62. The largest absolute Gasteiger partial charge is 0.415 e. The van der Waals surface area contributed by atoms with Crippen LogP contribution in [0.15, 0.2) is 0 Å². The van der Waals surface area contributed by atoms with Crippen molar-refractivity contribution in [3.8, 4) is 0 Å². The van der Waals surface area contributed by atoms with Gasteiger partial charge < -0.3 is 9.05 Å². The van der Waals surface area contributed by atoms with E-state index in [2.05, 4.69) is 9.05 Å². The summed E-state index contributed by atoms with van der Waals surface area (Å²) in [6.45, 7) is -0.468. The van der Waals surface area contributed by atoms with Gasteiger partial charge in [-0.3, -0.25) is 0 Å². The third-order valence-electron chi connectivity index (χ3n) is 0.666. The lowest BCUT2D eigenvalue weighted by molar-refractivity contribution is 0.243. The van der Waals surface area contributed by atoms with Crippen LogP contribution in [-0.4, -0.2) is 13.2 Å². The second-order valence-electron chi connectivity index (χ2n) is 1.42. The highest BCUT2D eigenvalue weighted by Gasteiger charge is 2.06. The number of halogens is 4. The molecule has 0 aromatic rings. The van der Waals surface area contributed by atoms with Crippen LogP contribution >= 0.6 is 17.5 Å². The van der Waals surface area contributed by atoms with E-state index in [1.807, 2.05) is 0 Å². The van der Waals surface area contributed by atoms with E-state index in [1.54, 1.807) is 0 Å². The predicted molar refractivity (Wildman–Crippen MR) is 34.8 cm³/mol. The van der Waals surface area contributed by atoms with Crippen molar-refractivity contribution in [2.75, 3.05) is 13.2 Å². The molecule has 0 spiro atoms. The highest BCUT2D eigenvalue weighted by atomic mass is 31.2. The van der Waals surface area contributed by atoms with Crippen LogP contribution in [0.2, 0.25) is 0 Å². The molecule has 0 saturated heterocycles. The maximum Gasteiger partial charge on any atom is 0.415 e. The van der Waals surface area contributed by atoms with E-state index in [0.717, 1.165) is 0 Å². The Labute approximate surface area is 64.0 Å². The van der Waals surface area contributed by atoms with Gasteiger partial charge in [0.2, 0.25) is 0 Å². The SMILES string of the molecule is FP(F)OCCCOP(F)F. The first-order valence-corrected chi connectivity index (χ1v) is 4.70. The van der Waals surface area contributed by atoms with E-state index in [9.17, 15) is 16.8 Å². The smallest absolute Gasteiger partial charge is 0.306 e. The Morgan fingerprint density at radius 3 is 1.45 bits per heavy atom. The van der Waals surface area contributed by atoms with Crippen LogP contribution < -0.4 is 0 Å². The number of hydrogen-bond donors (Lipinski definition) is 0. The fourth-order valence-corrected chi connectivity index (χ4v) is 0.860. The van der Waals surface area contributed by atoms with Gasteiger partial charge in [0, 0.05) is 0 Å². The Bertz CT molecular complexity index is 83.4. The van der Waals surface area contributed by atoms with Crippen molar-refractivity contribution in [3.63, 3.8) is 0 Å². The molecule has 0 aromatic carbocycles. The minimum Gasteiger partial charge on any atom is -0.306 e. The molecule has 0 aliphatic heterocycles. The van der Waals surface area contributed by atoms with E-state index in [-0.39, 0.29) is 19.6 Å². The van der Waals surface area contributed by atoms with E-state index in [1.165, 1.54) is 0 Å². The molecule has 0 heterocycles. The minimum atomic E-state index is -3.37. The second-order valence-corrected chi connectivity index (χ2v) is 2.75. The summed E-state index contributed by atoms with van der Waals surface area (Å²) in [5.74, 6) is 0. The second kappa shape index (κ2) is 7.17. The molecular weight excluding hydrogens is 206 g/mol. The van der Waals surface area contributed by atoms with Crippen LogP contribution in [-0.2, 0) is 9.05 Å². The van der Waals surface area contributed by atoms with Crippen LogP contribution in [0.3, 0.4) is 0 Å². The third kappa shape index (κ3) is 10.5.